The third kappa shape index (κ3) is 4.66. The highest BCUT2D eigenvalue weighted by Gasteiger charge is 2.25. The number of hydrogen-bond acceptors (Lipinski definition) is 5. The van der Waals surface area contributed by atoms with Gasteiger partial charge in [0.05, 0.1) is 0 Å². The van der Waals surface area contributed by atoms with E-state index in [1.807, 2.05) is 26.8 Å². The molecule has 7 nitrogen and oxygen atoms in total. The highest BCUT2D eigenvalue weighted by atomic mass is 16.2. The lowest BCUT2D eigenvalue weighted by atomic mass is 9.94. The number of amides is 2. The molecule has 1 fully saturated rings. The van der Waals surface area contributed by atoms with Gasteiger partial charge in [-0.25, -0.2) is 0 Å². The third-order valence-electron chi connectivity index (χ3n) is 4.19. The number of nitrogens with one attached hydrogen (secondary N) is 2. The van der Waals surface area contributed by atoms with Gasteiger partial charge in [-0.1, -0.05) is 20.8 Å². The molecule has 1 aromatic rings. The van der Waals surface area contributed by atoms with Crippen molar-refractivity contribution in [3.05, 3.63) is 17.8 Å². The maximum Gasteiger partial charge on any atom is 0.271 e. The molecular formula is C17H27N5O2. The van der Waals surface area contributed by atoms with Gasteiger partial charge in [0, 0.05) is 32.1 Å². The van der Waals surface area contributed by atoms with Gasteiger partial charge in [0.15, 0.2) is 11.5 Å². The van der Waals surface area contributed by atoms with Crippen LogP contribution in [-0.2, 0) is 4.79 Å². The monoisotopic (exact) mass is 333 g/mol. The van der Waals surface area contributed by atoms with E-state index in [1.165, 1.54) is 0 Å². The van der Waals surface area contributed by atoms with E-state index in [0.717, 1.165) is 31.7 Å². The Balaban J connectivity index is 1.93. The molecule has 7 heteroatoms. The number of hydrogen-bond donors (Lipinski definition) is 2. The summed E-state index contributed by atoms with van der Waals surface area (Å²) in [6, 6.07) is 3.51. The minimum atomic E-state index is -0.366. The van der Waals surface area contributed by atoms with Crippen LogP contribution in [0, 0.1) is 11.3 Å². The number of anilines is 1. The minimum Gasteiger partial charge on any atom is -0.355 e. The Morgan fingerprint density at radius 1 is 1.29 bits per heavy atom. The van der Waals surface area contributed by atoms with Gasteiger partial charge in [-0.15, -0.1) is 10.2 Å². The second kappa shape index (κ2) is 7.59. The van der Waals surface area contributed by atoms with E-state index >= 15 is 0 Å². The van der Waals surface area contributed by atoms with E-state index in [-0.39, 0.29) is 17.2 Å². The van der Waals surface area contributed by atoms with Crippen LogP contribution in [-0.4, -0.2) is 48.7 Å². The average molecular weight is 333 g/mol. The summed E-state index contributed by atoms with van der Waals surface area (Å²) >= 11 is 0. The van der Waals surface area contributed by atoms with Gasteiger partial charge in [0.25, 0.3) is 5.91 Å². The molecule has 1 saturated heterocycles. The van der Waals surface area contributed by atoms with Crippen molar-refractivity contribution in [3.8, 4) is 0 Å². The van der Waals surface area contributed by atoms with Crippen molar-refractivity contribution in [1.29, 1.82) is 0 Å². The number of piperidine rings is 1. The molecule has 1 unspecified atom stereocenters. The Kier molecular flexibility index (Phi) is 5.75. The van der Waals surface area contributed by atoms with Crippen LogP contribution in [0.15, 0.2) is 12.1 Å². The predicted octanol–water partition coefficient (Wildman–Crippen LogP) is 1.21. The van der Waals surface area contributed by atoms with Crippen LogP contribution < -0.4 is 15.5 Å². The molecule has 1 aliphatic heterocycles. The first-order valence-corrected chi connectivity index (χ1v) is 8.40. The Bertz CT molecular complexity index is 580. The zero-order valence-electron chi connectivity index (χ0n) is 14.9. The van der Waals surface area contributed by atoms with Crippen molar-refractivity contribution < 1.29 is 9.59 Å². The Morgan fingerprint density at radius 2 is 2.04 bits per heavy atom. The van der Waals surface area contributed by atoms with Crippen LogP contribution >= 0.6 is 0 Å². The van der Waals surface area contributed by atoms with Crippen molar-refractivity contribution in [3.63, 3.8) is 0 Å². The van der Waals surface area contributed by atoms with Gasteiger partial charge in [-0.05, 0) is 30.9 Å². The van der Waals surface area contributed by atoms with Crippen LogP contribution in [0.1, 0.15) is 44.1 Å². The zero-order valence-corrected chi connectivity index (χ0v) is 14.9. The van der Waals surface area contributed by atoms with Crippen LogP contribution in [0.2, 0.25) is 0 Å². The van der Waals surface area contributed by atoms with Crippen molar-refractivity contribution in [2.45, 2.75) is 33.6 Å². The van der Waals surface area contributed by atoms with Crippen molar-refractivity contribution >= 4 is 17.6 Å². The molecule has 24 heavy (non-hydrogen) atoms. The van der Waals surface area contributed by atoms with Gasteiger partial charge < -0.3 is 15.5 Å². The van der Waals surface area contributed by atoms with Gasteiger partial charge in [0.1, 0.15) is 0 Å². The minimum absolute atomic E-state index is 0.0781. The fraction of sp³-hybridized carbons (Fsp3) is 0.647. The first-order valence-electron chi connectivity index (χ1n) is 8.40. The maximum absolute atomic E-state index is 12.0. The Labute approximate surface area is 143 Å². The number of rotatable bonds is 4. The second-order valence-electron chi connectivity index (χ2n) is 7.27. The summed E-state index contributed by atoms with van der Waals surface area (Å²) < 4.78 is 0. The largest absolute Gasteiger partial charge is 0.355 e. The maximum atomic E-state index is 12.0. The summed E-state index contributed by atoms with van der Waals surface area (Å²) in [5.41, 5.74) is -0.0533. The van der Waals surface area contributed by atoms with Crippen LogP contribution in [0.5, 0.6) is 0 Å². The molecule has 132 valence electrons. The fourth-order valence-electron chi connectivity index (χ4n) is 2.69. The van der Waals surface area contributed by atoms with Crippen molar-refractivity contribution in [2.75, 3.05) is 31.6 Å². The molecule has 0 saturated carbocycles. The standard InChI is InChI=1S/C17H27N5O2/c1-17(2,3)16(24)19-10-12-6-5-9-22(11-12)14-8-7-13(20-21-14)15(23)18-4/h7-8,12H,5-6,9-11H2,1-4H3,(H,18,23)(H,19,24). The number of aromatic nitrogens is 2. The molecule has 2 amide bonds. The third-order valence-corrected chi connectivity index (χ3v) is 4.19. The fourth-order valence-corrected chi connectivity index (χ4v) is 2.69. The zero-order chi connectivity index (χ0) is 17.7. The highest BCUT2D eigenvalue weighted by molar-refractivity contribution is 5.91. The van der Waals surface area contributed by atoms with E-state index < -0.39 is 0 Å². The predicted molar refractivity (Wildman–Crippen MR) is 92.8 cm³/mol. The number of nitrogens with zero attached hydrogens (tertiary/aromatic N) is 3. The van der Waals surface area contributed by atoms with Crippen molar-refractivity contribution in [2.24, 2.45) is 11.3 Å². The number of carbonyl (C=O) groups excluding carboxylic acids is 2. The summed E-state index contributed by atoms with van der Waals surface area (Å²) in [4.78, 5) is 25.7. The summed E-state index contributed by atoms with van der Waals surface area (Å²) in [7, 11) is 1.57. The normalized spacial score (nSPS) is 18.2. The smallest absolute Gasteiger partial charge is 0.271 e. The second-order valence-corrected chi connectivity index (χ2v) is 7.27. The van der Waals surface area contributed by atoms with Crippen LogP contribution in [0.4, 0.5) is 5.82 Å². The summed E-state index contributed by atoms with van der Waals surface area (Å²) in [5.74, 6) is 1.00. The van der Waals surface area contributed by atoms with Gasteiger partial charge in [0.2, 0.25) is 5.91 Å². The van der Waals surface area contributed by atoms with E-state index in [0.29, 0.717) is 18.2 Å². The SMILES string of the molecule is CNC(=O)c1ccc(N2CCCC(CNC(=O)C(C)(C)C)C2)nn1. The summed E-state index contributed by atoms with van der Waals surface area (Å²) in [6.07, 6.45) is 2.14. The molecule has 2 rings (SSSR count). The lowest BCUT2D eigenvalue weighted by Gasteiger charge is -2.33. The quantitative estimate of drug-likeness (QED) is 0.865. The van der Waals surface area contributed by atoms with Crippen LogP contribution in [0.3, 0.4) is 0 Å². The lowest BCUT2D eigenvalue weighted by molar-refractivity contribution is -0.128. The highest BCUT2D eigenvalue weighted by Crippen LogP contribution is 2.21. The molecule has 0 radical (unpaired) electrons. The molecular weight excluding hydrogens is 306 g/mol. The van der Waals surface area contributed by atoms with Gasteiger partial charge in [-0.3, -0.25) is 9.59 Å². The van der Waals surface area contributed by atoms with E-state index in [1.54, 1.807) is 13.1 Å². The van der Waals surface area contributed by atoms with E-state index in [4.69, 9.17) is 0 Å². The number of carbonyl (C=O) groups is 2. The molecule has 0 bridgehead atoms. The first kappa shape index (κ1) is 18.2. The molecule has 1 aliphatic rings. The molecule has 0 aliphatic carbocycles. The first-order chi connectivity index (χ1) is 11.3. The Morgan fingerprint density at radius 3 is 2.62 bits per heavy atom. The van der Waals surface area contributed by atoms with Crippen LogP contribution in [0.25, 0.3) is 0 Å². The van der Waals surface area contributed by atoms with E-state index in [9.17, 15) is 9.59 Å². The average Bonchev–Trinajstić information content (AvgIpc) is 2.58. The van der Waals surface area contributed by atoms with Gasteiger partial charge in [-0.2, -0.15) is 0 Å². The molecule has 0 aromatic carbocycles. The summed E-state index contributed by atoms with van der Waals surface area (Å²) in [6.45, 7) is 8.17. The molecule has 1 aromatic heterocycles. The Hall–Kier alpha value is -2.18. The molecule has 0 spiro atoms. The molecule has 1 atom stereocenters. The van der Waals surface area contributed by atoms with Gasteiger partial charge >= 0.3 is 0 Å². The summed E-state index contributed by atoms with van der Waals surface area (Å²) in [5, 5.41) is 13.7. The van der Waals surface area contributed by atoms with E-state index in [2.05, 4.69) is 25.7 Å². The topological polar surface area (TPSA) is 87.2 Å². The molecule has 2 N–H and O–H groups in total. The van der Waals surface area contributed by atoms with Crippen molar-refractivity contribution in [1.82, 2.24) is 20.8 Å². The molecule has 2 heterocycles. The lowest BCUT2D eigenvalue weighted by Crippen LogP contribution is -2.43.